The number of nitrogens with zero attached hydrogens (tertiary/aromatic N) is 1. The number of aryl methyl sites for hydroxylation is 1. The number of benzene rings is 1. The monoisotopic (exact) mass is 323 g/mol. The molecule has 1 heterocycles. The molecule has 2 aromatic rings. The van der Waals surface area contributed by atoms with Crippen molar-refractivity contribution >= 4 is 33.2 Å². The van der Waals surface area contributed by atoms with Gasteiger partial charge in [-0.2, -0.15) is 0 Å². The molecule has 2 nitrogen and oxygen atoms in total. The van der Waals surface area contributed by atoms with E-state index in [0.717, 1.165) is 15.6 Å². The average Bonchev–Trinajstić information content (AvgIpc) is 2.74. The summed E-state index contributed by atoms with van der Waals surface area (Å²) >= 11 is 5.08. The highest BCUT2D eigenvalue weighted by Gasteiger charge is 2.14. The van der Waals surface area contributed by atoms with Gasteiger partial charge in [-0.15, -0.1) is 11.3 Å². The standard InChI is InChI=1S/C14H14BrNOS/c1-10-5-3-4-6-13(10)14(17)16(2)8-12-7-11(15)9-18-12/h3-7,9H,8H2,1-2H3. The van der Waals surface area contributed by atoms with Crippen LogP contribution in [0.2, 0.25) is 0 Å². The molecule has 0 aliphatic heterocycles. The molecule has 0 aliphatic carbocycles. The van der Waals surface area contributed by atoms with Crippen molar-refractivity contribution in [2.24, 2.45) is 0 Å². The fraction of sp³-hybridized carbons (Fsp3) is 0.214. The summed E-state index contributed by atoms with van der Waals surface area (Å²) in [6, 6.07) is 9.73. The molecule has 1 aromatic heterocycles. The van der Waals surface area contributed by atoms with Crippen LogP contribution in [0.3, 0.4) is 0 Å². The highest BCUT2D eigenvalue weighted by atomic mass is 79.9. The van der Waals surface area contributed by atoms with E-state index in [1.54, 1.807) is 16.2 Å². The van der Waals surface area contributed by atoms with E-state index >= 15 is 0 Å². The first-order valence-corrected chi connectivity index (χ1v) is 7.29. The lowest BCUT2D eigenvalue weighted by Crippen LogP contribution is -2.26. The van der Waals surface area contributed by atoms with E-state index in [0.29, 0.717) is 6.54 Å². The lowest BCUT2D eigenvalue weighted by molar-refractivity contribution is 0.0786. The zero-order chi connectivity index (χ0) is 13.1. The van der Waals surface area contributed by atoms with E-state index in [9.17, 15) is 4.79 Å². The van der Waals surface area contributed by atoms with E-state index in [1.165, 1.54) is 4.88 Å². The third-order valence-corrected chi connectivity index (χ3v) is 4.42. The topological polar surface area (TPSA) is 20.3 Å². The SMILES string of the molecule is Cc1ccccc1C(=O)N(C)Cc1cc(Br)cs1. The summed E-state index contributed by atoms with van der Waals surface area (Å²) < 4.78 is 1.07. The molecule has 0 fully saturated rings. The minimum Gasteiger partial charge on any atom is -0.337 e. The second-order valence-electron chi connectivity index (χ2n) is 4.21. The molecule has 1 aromatic carbocycles. The van der Waals surface area contributed by atoms with Crippen molar-refractivity contribution in [3.05, 3.63) is 56.2 Å². The molecule has 0 N–H and O–H groups in total. The van der Waals surface area contributed by atoms with Gasteiger partial charge in [-0.05, 0) is 40.5 Å². The molecule has 0 saturated carbocycles. The maximum atomic E-state index is 12.3. The van der Waals surface area contributed by atoms with Gasteiger partial charge in [0.05, 0.1) is 6.54 Å². The third kappa shape index (κ3) is 3.00. The van der Waals surface area contributed by atoms with Gasteiger partial charge in [0, 0.05) is 27.3 Å². The van der Waals surface area contributed by atoms with Gasteiger partial charge in [-0.25, -0.2) is 0 Å². The van der Waals surface area contributed by atoms with E-state index < -0.39 is 0 Å². The Morgan fingerprint density at radius 1 is 1.39 bits per heavy atom. The summed E-state index contributed by atoms with van der Waals surface area (Å²) in [5, 5.41) is 2.03. The smallest absolute Gasteiger partial charge is 0.254 e. The van der Waals surface area contributed by atoms with Crippen LogP contribution in [0, 0.1) is 6.92 Å². The number of carbonyl (C=O) groups excluding carboxylic acids is 1. The van der Waals surface area contributed by atoms with Crippen molar-refractivity contribution in [3.63, 3.8) is 0 Å². The summed E-state index contributed by atoms with van der Waals surface area (Å²) in [5.41, 5.74) is 1.79. The first kappa shape index (κ1) is 13.3. The Hall–Kier alpha value is -1.13. The number of hydrogen-bond acceptors (Lipinski definition) is 2. The van der Waals surface area contributed by atoms with E-state index in [2.05, 4.69) is 15.9 Å². The van der Waals surface area contributed by atoms with Crippen LogP contribution in [0.15, 0.2) is 40.2 Å². The second kappa shape index (κ2) is 5.67. The predicted octanol–water partition coefficient (Wildman–Crippen LogP) is 4.09. The van der Waals surface area contributed by atoms with E-state index in [-0.39, 0.29) is 5.91 Å². The van der Waals surface area contributed by atoms with Crippen molar-refractivity contribution in [1.82, 2.24) is 4.90 Å². The van der Waals surface area contributed by atoms with Gasteiger partial charge in [-0.1, -0.05) is 18.2 Å². The molecule has 0 saturated heterocycles. The summed E-state index contributed by atoms with van der Waals surface area (Å²) in [6.45, 7) is 2.60. The largest absolute Gasteiger partial charge is 0.337 e. The Morgan fingerprint density at radius 3 is 2.72 bits per heavy atom. The molecule has 1 amide bonds. The van der Waals surface area contributed by atoms with Crippen molar-refractivity contribution in [1.29, 1.82) is 0 Å². The first-order valence-electron chi connectivity index (χ1n) is 5.62. The minimum atomic E-state index is 0.0672. The predicted molar refractivity (Wildman–Crippen MR) is 79.0 cm³/mol. The number of halogens is 1. The number of thiophene rings is 1. The van der Waals surface area contributed by atoms with E-state index in [1.807, 2.05) is 49.7 Å². The van der Waals surface area contributed by atoms with Crippen LogP contribution >= 0.6 is 27.3 Å². The molecule has 0 radical (unpaired) electrons. The highest BCUT2D eigenvalue weighted by molar-refractivity contribution is 9.10. The molecule has 0 aliphatic rings. The molecule has 0 unspecified atom stereocenters. The van der Waals surface area contributed by atoms with Crippen LogP contribution in [0.25, 0.3) is 0 Å². The molecular formula is C14H14BrNOS. The Balaban J connectivity index is 2.12. The maximum absolute atomic E-state index is 12.3. The second-order valence-corrected chi connectivity index (χ2v) is 6.12. The van der Waals surface area contributed by atoms with Crippen LogP contribution in [-0.4, -0.2) is 17.9 Å². The van der Waals surface area contributed by atoms with Gasteiger partial charge in [-0.3, -0.25) is 4.79 Å². The molecule has 18 heavy (non-hydrogen) atoms. The molecule has 4 heteroatoms. The minimum absolute atomic E-state index is 0.0672. The molecule has 0 spiro atoms. The van der Waals surface area contributed by atoms with Gasteiger partial charge < -0.3 is 4.90 Å². The maximum Gasteiger partial charge on any atom is 0.254 e. The van der Waals surface area contributed by atoms with Crippen LogP contribution in [0.4, 0.5) is 0 Å². The number of carbonyl (C=O) groups is 1. The van der Waals surface area contributed by atoms with Crippen LogP contribution in [0.1, 0.15) is 20.8 Å². The molecule has 2 rings (SSSR count). The van der Waals surface area contributed by atoms with Crippen molar-refractivity contribution < 1.29 is 4.79 Å². The molecule has 94 valence electrons. The fourth-order valence-electron chi connectivity index (χ4n) is 1.76. The molecular weight excluding hydrogens is 310 g/mol. The lowest BCUT2D eigenvalue weighted by atomic mass is 10.1. The number of rotatable bonds is 3. The van der Waals surface area contributed by atoms with Gasteiger partial charge in [0.25, 0.3) is 5.91 Å². The average molecular weight is 324 g/mol. The Kier molecular flexibility index (Phi) is 4.19. The van der Waals surface area contributed by atoms with Crippen LogP contribution in [-0.2, 0) is 6.54 Å². The van der Waals surface area contributed by atoms with Gasteiger partial charge in [0.15, 0.2) is 0 Å². The van der Waals surface area contributed by atoms with Gasteiger partial charge >= 0.3 is 0 Å². The van der Waals surface area contributed by atoms with Crippen molar-refractivity contribution in [3.8, 4) is 0 Å². The third-order valence-electron chi connectivity index (χ3n) is 2.74. The summed E-state index contributed by atoms with van der Waals surface area (Å²) in [7, 11) is 1.84. The van der Waals surface area contributed by atoms with Crippen molar-refractivity contribution in [2.45, 2.75) is 13.5 Å². The Bertz CT molecular complexity index is 564. The van der Waals surface area contributed by atoms with Crippen LogP contribution in [0.5, 0.6) is 0 Å². The Morgan fingerprint density at radius 2 is 2.11 bits per heavy atom. The fourth-order valence-corrected chi connectivity index (χ4v) is 3.26. The van der Waals surface area contributed by atoms with Gasteiger partial charge in [0.2, 0.25) is 0 Å². The normalized spacial score (nSPS) is 10.4. The summed E-state index contributed by atoms with van der Waals surface area (Å²) in [4.78, 5) is 15.2. The number of amides is 1. The highest BCUT2D eigenvalue weighted by Crippen LogP contribution is 2.21. The Labute approximate surface area is 119 Å². The lowest BCUT2D eigenvalue weighted by Gasteiger charge is -2.17. The summed E-state index contributed by atoms with van der Waals surface area (Å²) in [6.07, 6.45) is 0. The quantitative estimate of drug-likeness (QED) is 0.833. The first-order chi connectivity index (χ1) is 8.58. The zero-order valence-electron chi connectivity index (χ0n) is 10.3. The zero-order valence-corrected chi connectivity index (χ0v) is 12.7. The van der Waals surface area contributed by atoms with Gasteiger partial charge in [0.1, 0.15) is 0 Å². The summed E-state index contributed by atoms with van der Waals surface area (Å²) in [5.74, 6) is 0.0672. The molecule has 0 atom stereocenters. The van der Waals surface area contributed by atoms with Crippen molar-refractivity contribution in [2.75, 3.05) is 7.05 Å². The van der Waals surface area contributed by atoms with E-state index in [4.69, 9.17) is 0 Å². The molecule has 0 bridgehead atoms. The van der Waals surface area contributed by atoms with Crippen LogP contribution < -0.4 is 0 Å². The number of hydrogen-bond donors (Lipinski definition) is 0.